The second-order valence-corrected chi connectivity index (χ2v) is 4.03. The Balaban J connectivity index is 2.45. The van der Waals surface area contributed by atoms with Gasteiger partial charge in [-0.25, -0.2) is 15.0 Å². The lowest BCUT2D eigenvalue weighted by atomic mass is 10.2. The summed E-state index contributed by atoms with van der Waals surface area (Å²) in [6.45, 7) is 1.74. The molecule has 2 rings (SSSR count). The smallest absolute Gasteiger partial charge is 0.155 e. The van der Waals surface area contributed by atoms with Crippen LogP contribution in [0, 0.1) is 6.92 Å². The van der Waals surface area contributed by atoms with Gasteiger partial charge in [-0.2, -0.15) is 0 Å². The van der Waals surface area contributed by atoms with E-state index in [1.54, 1.807) is 13.1 Å². The maximum atomic E-state index is 11.0. The normalized spacial score (nSPS) is 10.5. The summed E-state index contributed by atoms with van der Waals surface area (Å²) in [5.41, 5.74) is 0.937. The van der Waals surface area contributed by atoms with Crippen molar-refractivity contribution in [1.82, 2.24) is 19.5 Å². The Morgan fingerprint density at radius 3 is 2.82 bits per heavy atom. The first kappa shape index (κ1) is 11.7. The highest BCUT2D eigenvalue weighted by atomic mass is 35.5. The monoisotopic (exact) mass is 250 g/mol. The standard InChI is InChI=1S/C11H11ClN4O/c1-7-14-9(8(6-17)11(12)15-7)5-10-13-3-4-16(10)2/h3-4,6H,5H2,1-2H3. The number of hydrogen-bond acceptors (Lipinski definition) is 4. The molecule has 0 aromatic carbocycles. The van der Waals surface area contributed by atoms with Gasteiger partial charge in [-0.1, -0.05) is 11.6 Å². The molecule has 0 aliphatic carbocycles. The van der Waals surface area contributed by atoms with Crippen LogP contribution in [0.15, 0.2) is 12.4 Å². The van der Waals surface area contributed by atoms with Gasteiger partial charge in [-0.15, -0.1) is 0 Å². The van der Waals surface area contributed by atoms with Gasteiger partial charge in [0, 0.05) is 25.9 Å². The molecule has 0 N–H and O–H groups in total. The zero-order chi connectivity index (χ0) is 12.4. The number of aromatic nitrogens is 4. The fraction of sp³-hybridized carbons (Fsp3) is 0.273. The molecule has 0 radical (unpaired) electrons. The van der Waals surface area contributed by atoms with Crippen molar-refractivity contribution in [2.75, 3.05) is 0 Å². The van der Waals surface area contributed by atoms with Gasteiger partial charge in [-0.3, -0.25) is 4.79 Å². The molecule has 2 aromatic heterocycles. The topological polar surface area (TPSA) is 60.7 Å². The van der Waals surface area contributed by atoms with Gasteiger partial charge in [0.15, 0.2) is 6.29 Å². The Hall–Kier alpha value is -1.75. The van der Waals surface area contributed by atoms with Gasteiger partial charge in [0.1, 0.15) is 16.8 Å². The van der Waals surface area contributed by atoms with E-state index in [4.69, 9.17) is 11.6 Å². The largest absolute Gasteiger partial charge is 0.338 e. The van der Waals surface area contributed by atoms with Gasteiger partial charge in [0.25, 0.3) is 0 Å². The van der Waals surface area contributed by atoms with Crippen molar-refractivity contribution in [3.05, 3.63) is 40.5 Å². The average Bonchev–Trinajstić information content (AvgIpc) is 2.64. The first-order valence-electron chi connectivity index (χ1n) is 5.06. The lowest BCUT2D eigenvalue weighted by Gasteiger charge is -2.06. The van der Waals surface area contributed by atoms with E-state index in [9.17, 15) is 4.79 Å². The highest BCUT2D eigenvalue weighted by molar-refractivity contribution is 6.31. The number of rotatable bonds is 3. The SMILES string of the molecule is Cc1nc(Cl)c(C=O)c(Cc2nccn2C)n1. The van der Waals surface area contributed by atoms with Crippen LogP contribution in [0.25, 0.3) is 0 Å². The minimum Gasteiger partial charge on any atom is -0.338 e. The molecule has 0 atom stereocenters. The number of hydrogen-bond donors (Lipinski definition) is 0. The van der Waals surface area contributed by atoms with E-state index in [0.717, 1.165) is 5.82 Å². The molecule has 2 heterocycles. The summed E-state index contributed by atoms with van der Waals surface area (Å²) in [7, 11) is 1.89. The first-order valence-corrected chi connectivity index (χ1v) is 5.44. The Labute approximate surface area is 103 Å². The summed E-state index contributed by atoms with van der Waals surface area (Å²) >= 11 is 5.91. The second-order valence-electron chi connectivity index (χ2n) is 3.67. The van der Waals surface area contributed by atoms with E-state index in [0.29, 0.717) is 29.8 Å². The molecule has 0 spiro atoms. The summed E-state index contributed by atoms with van der Waals surface area (Å²) in [4.78, 5) is 23.4. The van der Waals surface area contributed by atoms with Crippen molar-refractivity contribution < 1.29 is 4.79 Å². The lowest BCUT2D eigenvalue weighted by Crippen LogP contribution is -2.07. The number of carbonyl (C=O) groups is 1. The van der Waals surface area contributed by atoms with E-state index in [1.807, 2.05) is 17.8 Å². The molecule has 0 amide bonds. The van der Waals surface area contributed by atoms with Crippen LogP contribution in [0.5, 0.6) is 0 Å². The number of nitrogens with zero attached hydrogens (tertiary/aromatic N) is 4. The van der Waals surface area contributed by atoms with Crippen molar-refractivity contribution >= 4 is 17.9 Å². The van der Waals surface area contributed by atoms with E-state index in [-0.39, 0.29) is 5.15 Å². The maximum absolute atomic E-state index is 11.0. The van der Waals surface area contributed by atoms with Crippen LogP contribution in [0.4, 0.5) is 0 Å². The van der Waals surface area contributed by atoms with Gasteiger partial charge in [0.2, 0.25) is 0 Å². The molecule has 0 unspecified atom stereocenters. The van der Waals surface area contributed by atoms with Crippen molar-refractivity contribution in [1.29, 1.82) is 0 Å². The zero-order valence-corrected chi connectivity index (χ0v) is 10.3. The van der Waals surface area contributed by atoms with Crippen LogP contribution in [0.3, 0.4) is 0 Å². The number of imidazole rings is 1. The molecule has 0 fully saturated rings. The average molecular weight is 251 g/mol. The number of aldehydes is 1. The molecule has 88 valence electrons. The highest BCUT2D eigenvalue weighted by Gasteiger charge is 2.13. The molecule has 0 bridgehead atoms. The van der Waals surface area contributed by atoms with Crippen molar-refractivity contribution in [3.63, 3.8) is 0 Å². The summed E-state index contributed by atoms with van der Waals surface area (Å²) in [6.07, 6.45) is 4.68. The van der Waals surface area contributed by atoms with Crippen LogP contribution < -0.4 is 0 Å². The van der Waals surface area contributed by atoms with Crippen LogP contribution in [-0.4, -0.2) is 25.8 Å². The second kappa shape index (κ2) is 4.63. The maximum Gasteiger partial charge on any atom is 0.155 e. The molecule has 6 heteroatoms. The van der Waals surface area contributed by atoms with E-state index in [2.05, 4.69) is 15.0 Å². The van der Waals surface area contributed by atoms with Crippen molar-refractivity contribution in [3.8, 4) is 0 Å². The Bertz CT molecular complexity index is 565. The predicted octanol–water partition coefficient (Wildman–Crippen LogP) is 1.58. The lowest BCUT2D eigenvalue weighted by molar-refractivity contribution is 0.112. The quantitative estimate of drug-likeness (QED) is 0.613. The zero-order valence-electron chi connectivity index (χ0n) is 9.51. The highest BCUT2D eigenvalue weighted by Crippen LogP contribution is 2.17. The predicted molar refractivity (Wildman–Crippen MR) is 63.2 cm³/mol. The van der Waals surface area contributed by atoms with Crippen LogP contribution in [-0.2, 0) is 13.5 Å². The van der Waals surface area contributed by atoms with Crippen LogP contribution in [0.2, 0.25) is 5.15 Å². The molecule has 0 aliphatic heterocycles. The molecule has 0 aliphatic rings. The van der Waals surface area contributed by atoms with Gasteiger partial charge < -0.3 is 4.57 Å². The summed E-state index contributed by atoms with van der Waals surface area (Å²) in [5, 5.41) is 0.191. The first-order chi connectivity index (χ1) is 8.11. The summed E-state index contributed by atoms with van der Waals surface area (Å²) in [6, 6.07) is 0. The Morgan fingerprint density at radius 2 is 2.24 bits per heavy atom. The third-order valence-electron chi connectivity index (χ3n) is 2.45. The minimum atomic E-state index is 0.191. The molecule has 2 aromatic rings. The van der Waals surface area contributed by atoms with Crippen LogP contribution >= 0.6 is 11.6 Å². The van der Waals surface area contributed by atoms with Gasteiger partial charge in [0.05, 0.1) is 11.3 Å². The van der Waals surface area contributed by atoms with Crippen molar-refractivity contribution in [2.24, 2.45) is 7.05 Å². The molecular formula is C11H11ClN4O. The fourth-order valence-corrected chi connectivity index (χ4v) is 1.85. The number of carbonyl (C=O) groups excluding carboxylic acids is 1. The molecule has 17 heavy (non-hydrogen) atoms. The number of halogens is 1. The van der Waals surface area contributed by atoms with E-state index >= 15 is 0 Å². The molecule has 0 saturated heterocycles. The summed E-state index contributed by atoms with van der Waals surface area (Å²) < 4.78 is 1.87. The number of aryl methyl sites for hydroxylation is 2. The molecular weight excluding hydrogens is 240 g/mol. The summed E-state index contributed by atoms with van der Waals surface area (Å²) in [5.74, 6) is 1.37. The van der Waals surface area contributed by atoms with E-state index in [1.165, 1.54) is 0 Å². The Kier molecular flexibility index (Phi) is 3.19. The Morgan fingerprint density at radius 1 is 1.47 bits per heavy atom. The third kappa shape index (κ3) is 2.34. The van der Waals surface area contributed by atoms with Crippen LogP contribution in [0.1, 0.15) is 27.7 Å². The van der Waals surface area contributed by atoms with E-state index < -0.39 is 0 Å². The van der Waals surface area contributed by atoms with Gasteiger partial charge >= 0.3 is 0 Å². The third-order valence-corrected chi connectivity index (χ3v) is 2.74. The fourth-order valence-electron chi connectivity index (χ4n) is 1.57. The van der Waals surface area contributed by atoms with Crippen molar-refractivity contribution in [2.45, 2.75) is 13.3 Å². The minimum absolute atomic E-state index is 0.191. The molecule has 5 nitrogen and oxygen atoms in total. The molecule has 0 saturated carbocycles. The van der Waals surface area contributed by atoms with Gasteiger partial charge in [-0.05, 0) is 6.92 Å².